The summed E-state index contributed by atoms with van der Waals surface area (Å²) in [5.41, 5.74) is 2.53. The number of nitrogens with zero attached hydrogens (tertiary/aromatic N) is 4. The molecule has 4 aromatic rings. The third kappa shape index (κ3) is 4.11. The predicted molar refractivity (Wildman–Crippen MR) is 122 cm³/mol. The van der Waals surface area contributed by atoms with Crippen LogP contribution >= 0.6 is 23.8 Å². The number of rotatable bonds is 5. The van der Waals surface area contributed by atoms with Gasteiger partial charge in [0.1, 0.15) is 11.3 Å². The maximum atomic E-state index is 6.18. The van der Waals surface area contributed by atoms with Crippen molar-refractivity contribution in [2.24, 2.45) is 0 Å². The zero-order valence-electron chi connectivity index (χ0n) is 17.0. The molecule has 5 rings (SSSR count). The number of piperidine rings is 1. The number of halogens is 1. The van der Waals surface area contributed by atoms with Gasteiger partial charge in [-0.1, -0.05) is 23.7 Å². The van der Waals surface area contributed by atoms with Gasteiger partial charge in [-0.05, 0) is 61.9 Å². The summed E-state index contributed by atoms with van der Waals surface area (Å²) in [6.45, 7) is 2.45. The van der Waals surface area contributed by atoms with Crippen molar-refractivity contribution in [3.63, 3.8) is 0 Å². The Morgan fingerprint density at radius 1 is 1.26 bits per heavy atom. The van der Waals surface area contributed by atoms with E-state index in [2.05, 4.69) is 15.0 Å². The lowest BCUT2D eigenvalue weighted by Gasteiger charge is -2.30. The molecule has 1 fully saturated rings. The standard InChI is InChI=1S/C22H22ClN5O2S/c1-29-18-9-8-15(23)11-16(18)20-25-22(31)28(26-20)13-27-10-4-5-14(12-27)21-24-17-6-2-3-7-19(17)30-21/h2-3,6-9,11,14H,4-5,10,12-13H2,1H3,(H,25,26,31). The minimum atomic E-state index is 0.255. The quantitative estimate of drug-likeness (QED) is 0.414. The molecule has 0 saturated carbocycles. The number of fused-ring (bicyclic) bond motifs is 1. The van der Waals surface area contributed by atoms with Crippen LogP contribution in [0.15, 0.2) is 46.9 Å². The summed E-state index contributed by atoms with van der Waals surface area (Å²) in [6.07, 6.45) is 2.13. The number of oxazole rings is 1. The summed E-state index contributed by atoms with van der Waals surface area (Å²) < 4.78 is 13.8. The molecule has 1 atom stereocenters. The van der Waals surface area contributed by atoms with Gasteiger partial charge in [0, 0.05) is 17.5 Å². The average molecular weight is 456 g/mol. The summed E-state index contributed by atoms with van der Waals surface area (Å²) in [6, 6.07) is 13.3. The number of hydrogen-bond donors (Lipinski definition) is 1. The molecule has 9 heteroatoms. The van der Waals surface area contributed by atoms with Gasteiger partial charge in [-0.15, -0.1) is 0 Å². The van der Waals surface area contributed by atoms with E-state index in [4.69, 9.17) is 38.0 Å². The predicted octanol–water partition coefficient (Wildman–Crippen LogP) is 5.25. The highest BCUT2D eigenvalue weighted by molar-refractivity contribution is 7.71. The Morgan fingerprint density at radius 2 is 2.13 bits per heavy atom. The third-order valence-corrected chi connectivity index (χ3v) is 6.15. The van der Waals surface area contributed by atoms with Gasteiger partial charge in [0.25, 0.3) is 0 Å². The Morgan fingerprint density at radius 3 is 2.97 bits per heavy atom. The van der Waals surface area contributed by atoms with E-state index in [1.54, 1.807) is 13.2 Å². The lowest BCUT2D eigenvalue weighted by Crippen LogP contribution is -2.36. The van der Waals surface area contributed by atoms with Crippen molar-refractivity contribution in [3.05, 3.63) is 58.1 Å². The van der Waals surface area contributed by atoms with Gasteiger partial charge in [0.05, 0.1) is 19.3 Å². The summed E-state index contributed by atoms with van der Waals surface area (Å²) in [5, 5.41) is 3.92. The van der Waals surface area contributed by atoms with E-state index in [0.29, 0.717) is 28.0 Å². The van der Waals surface area contributed by atoms with Crippen LogP contribution in [0.1, 0.15) is 24.7 Å². The second-order valence-electron chi connectivity index (χ2n) is 7.70. The van der Waals surface area contributed by atoms with Crippen LogP contribution in [0.3, 0.4) is 0 Å². The zero-order valence-corrected chi connectivity index (χ0v) is 18.6. The SMILES string of the molecule is COc1ccc(Cl)cc1-c1nc(=S)n(CN2CCCC(c3nc4ccccc4o3)C2)[nH]1. The van der Waals surface area contributed by atoms with E-state index in [9.17, 15) is 0 Å². The summed E-state index contributed by atoms with van der Waals surface area (Å²) >= 11 is 11.7. The van der Waals surface area contributed by atoms with E-state index in [1.165, 1.54) is 0 Å². The van der Waals surface area contributed by atoms with Gasteiger partial charge in [-0.2, -0.15) is 4.98 Å². The first-order valence-electron chi connectivity index (χ1n) is 10.2. The first-order chi connectivity index (χ1) is 15.1. The molecule has 3 heterocycles. The van der Waals surface area contributed by atoms with Crippen LogP contribution in [0.2, 0.25) is 5.02 Å². The van der Waals surface area contributed by atoms with Crippen molar-refractivity contribution >= 4 is 34.9 Å². The lowest BCUT2D eigenvalue weighted by molar-refractivity contribution is 0.148. The number of aromatic nitrogens is 4. The molecule has 0 amide bonds. The molecule has 2 aromatic heterocycles. The number of ether oxygens (including phenoxy) is 1. The fourth-order valence-electron chi connectivity index (χ4n) is 4.09. The molecule has 1 N–H and O–H groups in total. The van der Waals surface area contributed by atoms with Crippen molar-refractivity contribution in [1.82, 2.24) is 24.6 Å². The van der Waals surface area contributed by atoms with Crippen LogP contribution in [-0.2, 0) is 6.67 Å². The second-order valence-corrected chi connectivity index (χ2v) is 8.51. The summed E-state index contributed by atoms with van der Waals surface area (Å²) in [5.74, 6) is 2.39. The highest BCUT2D eigenvalue weighted by atomic mass is 35.5. The van der Waals surface area contributed by atoms with Gasteiger partial charge >= 0.3 is 0 Å². The molecule has 1 unspecified atom stereocenters. The number of H-pyrrole nitrogens is 1. The maximum Gasteiger partial charge on any atom is 0.217 e. The van der Waals surface area contributed by atoms with Gasteiger partial charge in [-0.25, -0.2) is 9.67 Å². The molecule has 160 valence electrons. The molecule has 1 aliphatic rings. The van der Waals surface area contributed by atoms with Crippen LogP contribution in [0.5, 0.6) is 5.75 Å². The van der Waals surface area contributed by atoms with Gasteiger partial charge < -0.3 is 9.15 Å². The minimum absolute atomic E-state index is 0.255. The third-order valence-electron chi connectivity index (χ3n) is 5.60. The van der Waals surface area contributed by atoms with Crippen molar-refractivity contribution in [2.45, 2.75) is 25.4 Å². The molecule has 1 saturated heterocycles. The normalized spacial score (nSPS) is 17.3. The summed E-state index contributed by atoms with van der Waals surface area (Å²) in [4.78, 5) is 11.6. The molecule has 1 aliphatic heterocycles. The van der Waals surface area contributed by atoms with Crippen molar-refractivity contribution in [3.8, 4) is 17.1 Å². The van der Waals surface area contributed by atoms with E-state index in [-0.39, 0.29) is 5.92 Å². The van der Waals surface area contributed by atoms with Crippen molar-refractivity contribution < 1.29 is 9.15 Å². The molecule has 31 heavy (non-hydrogen) atoms. The number of likely N-dealkylation sites (tertiary alicyclic amines) is 1. The molecule has 2 aromatic carbocycles. The number of benzene rings is 2. The topological polar surface area (TPSA) is 72.1 Å². The molecule has 0 aliphatic carbocycles. The maximum absolute atomic E-state index is 6.18. The van der Waals surface area contributed by atoms with Crippen LogP contribution in [0.4, 0.5) is 0 Å². The smallest absolute Gasteiger partial charge is 0.217 e. The zero-order chi connectivity index (χ0) is 21.4. The molecule has 0 radical (unpaired) electrons. The molecule has 0 spiro atoms. The van der Waals surface area contributed by atoms with Crippen LogP contribution in [0, 0.1) is 4.77 Å². The van der Waals surface area contributed by atoms with E-state index < -0.39 is 0 Å². The van der Waals surface area contributed by atoms with Gasteiger partial charge in [0.15, 0.2) is 17.3 Å². The number of hydrogen-bond acceptors (Lipinski definition) is 6. The fraction of sp³-hybridized carbons (Fsp3) is 0.318. The molecule has 7 nitrogen and oxygen atoms in total. The highest BCUT2D eigenvalue weighted by Gasteiger charge is 2.26. The van der Waals surface area contributed by atoms with Crippen molar-refractivity contribution in [1.29, 1.82) is 0 Å². The molecule has 0 bridgehead atoms. The van der Waals surface area contributed by atoms with E-state index in [1.807, 2.05) is 41.1 Å². The fourth-order valence-corrected chi connectivity index (χ4v) is 4.46. The average Bonchev–Trinajstić information content (AvgIpc) is 3.38. The second kappa shape index (κ2) is 8.45. The first-order valence-corrected chi connectivity index (χ1v) is 11.0. The lowest BCUT2D eigenvalue weighted by atomic mass is 9.98. The number of methoxy groups -OCH3 is 1. The molecular weight excluding hydrogens is 434 g/mol. The first kappa shape index (κ1) is 20.2. The molecular formula is C22H22ClN5O2S. The Bertz CT molecular complexity index is 1250. The largest absolute Gasteiger partial charge is 0.496 e. The van der Waals surface area contributed by atoms with Crippen LogP contribution < -0.4 is 4.74 Å². The number of aromatic amines is 1. The summed E-state index contributed by atoms with van der Waals surface area (Å²) in [7, 11) is 1.62. The Hall–Kier alpha value is -2.68. The van der Waals surface area contributed by atoms with Gasteiger partial charge in [-0.3, -0.25) is 10.00 Å². The Kier molecular flexibility index (Phi) is 5.52. The number of para-hydroxylation sites is 2. The Balaban J connectivity index is 1.35. The van der Waals surface area contributed by atoms with Crippen LogP contribution in [-0.4, -0.2) is 44.8 Å². The van der Waals surface area contributed by atoms with E-state index in [0.717, 1.165) is 48.5 Å². The van der Waals surface area contributed by atoms with Gasteiger partial charge in [0.2, 0.25) is 4.77 Å². The minimum Gasteiger partial charge on any atom is -0.496 e. The van der Waals surface area contributed by atoms with Crippen molar-refractivity contribution in [2.75, 3.05) is 20.2 Å². The van der Waals surface area contributed by atoms with E-state index >= 15 is 0 Å². The monoisotopic (exact) mass is 455 g/mol. The highest BCUT2D eigenvalue weighted by Crippen LogP contribution is 2.31. The number of nitrogens with one attached hydrogen (secondary N) is 1. The Labute approximate surface area is 189 Å². The van der Waals surface area contributed by atoms with Crippen LogP contribution in [0.25, 0.3) is 22.5 Å².